The monoisotopic (exact) mass is 469 g/mol. The van der Waals surface area contributed by atoms with E-state index in [1.165, 1.54) is 59.6 Å². The molecule has 2 aromatic rings. The number of ketones is 1. The smallest absolute Gasteiger partial charge is 0.259 e. The van der Waals surface area contributed by atoms with Crippen LogP contribution in [0.2, 0.25) is 10.0 Å². The molecule has 1 atom stereocenters. The van der Waals surface area contributed by atoms with Gasteiger partial charge in [-0.1, -0.05) is 23.2 Å². The SMILES string of the molecule is COc1cc(Cl)cc(OC)c1NC(=O)C(N=Nc1ccc(Cl)c(OC)c1OC)C(C)=O. The van der Waals surface area contributed by atoms with Gasteiger partial charge in [-0.15, -0.1) is 0 Å². The molecule has 0 fully saturated rings. The average Bonchev–Trinajstić information content (AvgIpc) is 2.74. The number of amides is 1. The van der Waals surface area contributed by atoms with Crippen LogP contribution in [0.5, 0.6) is 23.0 Å². The summed E-state index contributed by atoms with van der Waals surface area (Å²) in [6.07, 6.45) is 0. The summed E-state index contributed by atoms with van der Waals surface area (Å²) in [5, 5.41) is 11.2. The van der Waals surface area contributed by atoms with Gasteiger partial charge in [0.15, 0.2) is 17.3 Å². The molecule has 0 bridgehead atoms. The zero-order valence-electron chi connectivity index (χ0n) is 17.5. The fraction of sp³-hybridized carbons (Fsp3) is 0.300. The van der Waals surface area contributed by atoms with Gasteiger partial charge in [-0.2, -0.15) is 10.2 Å². The van der Waals surface area contributed by atoms with Crippen LogP contribution in [0.3, 0.4) is 0 Å². The lowest BCUT2D eigenvalue weighted by molar-refractivity contribution is -0.126. The van der Waals surface area contributed by atoms with E-state index in [1.54, 1.807) is 0 Å². The predicted octanol–water partition coefficient (Wildman–Crippen LogP) is 4.71. The predicted molar refractivity (Wildman–Crippen MR) is 117 cm³/mol. The van der Waals surface area contributed by atoms with Crippen LogP contribution in [0.25, 0.3) is 0 Å². The highest BCUT2D eigenvalue weighted by Crippen LogP contribution is 2.42. The number of hydrogen-bond donors (Lipinski definition) is 1. The van der Waals surface area contributed by atoms with E-state index in [1.807, 2.05) is 0 Å². The molecule has 0 saturated carbocycles. The van der Waals surface area contributed by atoms with Crippen molar-refractivity contribution in [2.45, 2.75) is 13.0 Å². The van der Waals surface area contributed by atoms with Crippen LogP contribution in [-0.4, -0.2) is 46.2 Å². The number of halogens is 2. The Bertz CT molecular complexity index is 988. The van der Waals surface area contributed by atoms with Crippen LogP contribution in [0.4, 0.5) is 11.4 Å². The van der Waals surface area contributed by atoms with Crippen molar-refractivity contribution in [3.05, 3.63) is 34.3 Å². The first kappa shape index (κ1) is 24.2. The van der Waals surface area contributed by atoms with Gasteiger partial charge in [0.25, 0.3) is 5.91 Å². The van der Waals surface area contributed by atoms with E-state index in [0.717, 1.165) is 0 Å². The summed E-state index contributed by atoms with van der Waals surface area (Å²) >= 11 is 12.1. The number of rotatable bonds is 9. The van der Waals surface area contributed by atoms with Crippen LogP contribution >= 0.6 is 23.2 Å². The molecule has 1 amide bonds. The third-order valence-corrected chi connectivity index (χ3v) is 4.60. The molecule has 0 heterocycles. The number of methoxy groups -OCH3 is 4. The molecule has 0 aromatic heterocycles. The minimum Gasteiger partial charge on any atom is -0.494 e. The molecule has 2 rings (SSSR count). The third-order valence-electron chi connectivity index (χ3n) is 4.08. The van der Waals surface area contributed by atoms with Crippen molar-refractivity contribution in [3.8, 4) is 23.0 Å². The summed E-state index contributed by atoms with van der Waals surface area (Å²) in [6.45, 7) is 1.22. The highest BCUT2D eigenvalue weighted by atomic mass is 35.5. The Kier molecular flexibility index (Phi) is 8.47. The maximum Gasteiger partial charge on any atom is 0.259 e. The molecule has 1 unspecified atom stereocenters. The van der Waals surface area contributed by atoms with Gasteiger partial charge in [-0.25, -0.2) is 0 Å². The number of carbonyl (C=O) groups is 2. The molecule has 0 aliphatic carbocycles. The van der Waals surface area contributed by atoms with Gasteiger partial charge >= 0.3 is 0 Å². The summed E-state index contributed by atoms with van der Waals surface area (Å²) in [7, 11) is 5.64. The number of carbonyl (C=O) groups excluding carboxylic acids is 2. The van der Waals surface area contributed by atoms with Crippen molar-refractivity contribution >= 4 is 46.3 Å². The van der Waals surface area contributed by atoms with E-state index < -0.39 is 17.7 Å². The second-order valence-electron chi connectivity index (χ2n) is 6.04. The number of nitrogens with zero attached hydrogens (tertiary/aromatic N) is 2. The minimum atomic E-state index is -1.45. The Labute approximate surface area is 189 Å². The van der Waals surface area contributed by atoms with E-state index in [-0.39, 0.29) is 34.4 Å². The topological polar surface area (TPSA) is 108 Å². The molecular formula is C20H21Cl2N3O6. The molecule has 11 heteroatoms. The van der Waals surface area contributed by atoms with E-state index in [2.05, 4.69) is 15.5 Å². The fourth-order valence-corrected chi connectivity index (χ4v) is 3.05. The number of azo groups is 1. The van der Waals surface area contributed by atoms with Crippen molar-refractivity contribution in [1.29, 1.82) is 0 Å². The molecule has 1 N–H and O–H groups in total. The van der Waals surface area contributed by atoms with E-state index >= 15 is 0 Å². The summed E-state index contributed by atoms with van der Waals surface area (Å²) in [6, 6.07) is 4.59. The lowest BCUT2D eigenvalue weighted by atomic mass is 10.2. The average molecular weight is 470 g/mol. The second-order valence-corrected chi connectivity index (χ2v) is 6.88. The van der Waals surface area contributed by atoms with Gasteiger partial charge < -0.3 is 24.3 Å². The molecule has 0 saturated heterocycles. The van der Waals surface area contributed by atoms with Crippen LogP contribution in [0, 0.1) is 0 Å². The van der Waals surface area contributed by atoms with E-state index in [4.69, 9.17) is 42.1 Å². The molecular weight excluding hydrogens is 449 g/mol. The molecule has 31 heavy (non-hydrogen) atoms. The molecule has 166 valence electrons. The normalized spacial score (nSPS) is 11.7. The van der Waals surface area contributed by atoms with E-state index in [9.17, 15) is 9.59 Å². The molecule has 0 spiro atoms. The first-order valence-corrected chi connectivity index (χ1v) is 9.57. The highest BCUT2D eigenvalue weighted by Gasteiger charge is 2.26. The largest absolute Gasteiger partial charge is 0.494 e. The van der Waals surface area contributed by atoms with Crippen molar-refractivity contribution in [1.82, 2.24) is 0 Å². The Morgan fingerprint density at radius 2 is 1.52 bits per heavy atom. The van der Waals surface area contributed by atoms with Crippen molar-refractivity contribution < 1.29 is 28.5 Å². The summed E-state index contributed by atoms with van der Waals surface area (Å²) in [5.74, 6) is -0.312. The summed E-state index contributed by atoms with van der Waals surface area (Å²) in [5.41, 5.74) is 0.427. The first-order chi connectivity index (χ1) is 14.8. The number of nitrogens with one attached hydrogen (secondary N) is 1. The first-order valence-electron chi connectivity index (χ1n) is 8.81. The van der Waals surface area contributed by atoms with Gasteiger partial charge in [0, 0.05) is 17.2 Å². The van der Waals surface area contributed by atoms with Crippen LogP contribution < -0.4 is 24.3 Å². The molecule has 0 aliphatic heterocycles. The minimum absolute atomic E-state index is 0.201. The Morgan fingerprint density at radius 1 is 0.935 bits per heavy atom. The standard InChI is InChI=1S/C20H21Cl2N3O6/c1-10(26)16(25-24-13-7-6-12(22)18(30-4)19(13)31-5)20(27)23-17-14(28-2)8-11(21)9-15(17)29-3/h6-9,16H,1-5H3,(H,23,27). The maximum atomic E-state index is 12.8. The van der Waals surface area contributed by atoms with Crippen molar-refractivity contribution in [2.75, 3.05) is 33.8 Å². The fourth-order valence-electron chi connectivity index (χ4n) is 2.63. The molecule has 9 nitrogen and oxygen atoms in total. The third kappa shape index (κ3) is 5.56. The Hall–Kier alpha value is -3.04. The van der Waals surface area contributed by atoms with Gasteiger partial charge in [0.05, 0.1) is 33.5 Å². The molecule has 0 aliphatic rings. The molecule has 0 radical (unpaired) electrons. The van der Waals surface area contributed by atoms with Crippen molar-refractivity contribution in [3.63, 3.8) is 0 Å². The quantitative estimate of drug-likeness (QED) is 0.420. The summed E-state index contributed by atoms with van der Waals surface area (Å²) in [4.78, 5) is 24.9. The Morgan fingerprint density at radius 3 is 2.00 bits per heavy atom. The van der Waals surface area contributed by atoms with Crippen LogP contribution in [0.15, 0.2) is 34.5 Å². The van der Waals surface area contributed by atoms with Crippen molar-refractivity contribution in [2.24, 2.45) is 10.2 Å². The van der Waals surface area contributed by atoms with E-state index in [0.29, 0.717) is 10.0 Å². The van der Waals surface area contributed by atoms with Crippen LogP contribution in [-0.2, 0) is 9.59 Å². The lowest BCUT2D eigenvalue weighted by Gasteiger charge is -2.16. The van der Waals surface area contributed by atoms with Gasteiger partial charge in [0.1, 0.15) is 22.9 Å². The summed E-state index contributed by atoms with van der Waals surface area (Å²) < 4.78 is 21.0. The number of hydrogen-bond acceptors (Lipinski definition) is 8. The zero-order chi connectivity index (χ0) is 23.1. The van der Waals surface area contributed by atoms with Gasteiger partial charge in [-0.05, 0) is 19.1 Å². The number of ether oxygens (including phenoxy) is 4. The van der Waals surface area contributed by atoms with Gasteiger partial charge in [-0.3, -0.25) is 9.59 Å². The second kappa shape index (κ2) is 10.8. The Balaban J connectivity index is 2.39. The lowest BCUT2D eigenvalue weighted by Crippen LogP contribution is -2.32. The highest BCUT2D eigenvalue weighted by molar-refractivity contribution is 6.32. The zero-order valence-corrected chi connectivity index (χ0v) is 19.0. The van der Waals surface area contributed by atoms with Gasteiger partial charge in [0.2, 0.25) is 6.04 Å². The number of benzene rings is 2. The van der Waals surface area contributed by atoms with Crippen LogP contribution in [0.1, 0.15) is 6.92 Å². The number of anilines is 1. The molecule has 2 aromatic carbocycles. The maximum absolute atomic E-state index is 12.8. The number of Topliss-reactive ketones (excluding diaryl/α,β-unsaturated/α-hetero) is 1.